The molecule has 0 amide bonds. The lowest BCUT2D eigenvalue weighted by Crippen LogP contribution is -2.41. The van der Waals surface area contributed by atoms with E-state index in [-0.39, 0.29) is 6.10 Å². The van der Waals surface area contributed by atoms with Crippen LogP contribution < -0.4 is 10.2 Å². The fraction of sp³-hybridized carbons (Fsp3) is 0.526. The lowest BCUT2D eigenvalue weighted by atomic mass is 10.2. The van der Waals surface area contributed by atoms with Gasteiger partial charge in [0, 0.05) is 41.6 Å². The SMILES string of the molecule is CCc1ccc([C@H](C)NCc2ccc(N3CCO[C@H](C)C3)nc2)s1. The molecule has 0 radical (unpaired) electrons. The molecule has 1 N–H and O–H groups in total. The van der Waals surface area contributed by atoms with Gasteiger partial charge < -0.3 is 15.0 Å². The number of anilines is 1. The third-order valence-corrected chi connectivity index (χ3v) is 5.86. The standard InChI is InChI=1S/C19H27N3OS/c1-4-17-6-7-18(24-17)15(3)20-11-16-5-8-19(21-12-16)22-9-10-23-14(2)13-22/h5-8,12,14-15,20H,4,9-11,13H2,1-3H3/t14-,15+/m1/s1. The van der Waals surface area contributed by atoms with Gasteiger partial charge in [0.25, 0.3) is 0 Å². The summed E-state index contributed by atoms with van der Waals surface area (Å²) in [6.45, 7) is 10.0. The summed E-state index contributed by atoms with van der Waals surface area (Å²) >= 11 is 1.90. The van der Waals surface area contributed by atoms with E-state index in [2.05, 4.69) is 60.2 Å². The molecule has 0 aliphatic carbocycles. The third-order valence-electron chi connectivity index (χ3n) is 4.44. The summed E-state index contributed by atoms with van der Waals surface area (Å²) < 4.78 is 5.59. The summed E-state index contributed by atoms with van der Waals surface area (Å²) in [7, 11) is 0. The Morgan fingerprint density at radius 2 is 2.25 bits per heavy atom. The van der Waals surface area contributed by atoms with Crippen LogP contribution in [0, 0.1) is 0 Å². The first kappa shape index (κ1) is 17.4. The molecule has 4 nitrogen and oxygen atoms in total. The van der Waals surface area contributed by atoms with Crippen molar-refractivity contribution in [3.8, 4) is 0 Å². The molecule has 2 atom stereocenters. The second-order valence-corrected chi connectivity index (χ2v) is 7.61. The molecule has 130 valence electrons. The van der Waals surface area contributed by atoms with Crippen LogP contribution in [0.25, 0.3) is 0 Å². The average Bonchev–Trinajstić information content (AvgIpc) is 3.09. The minimum Gasteiger partial charge on any atom is -0.375 e. The number of aromatic nitrogens is 1. The predicted molar refractivity (Wildman–Crippen MR) is 101 cm³/mol. The molecule has 5 heteroatoms. The number of pyridine rings is 1. The van der Waals surface area contributed by atoms with Gasteiger partial charge in [-0.25, -0.2) is 4.98 Å². The summed E-state index contributed by atoms with van der Waals surface area (Å²) in [4.78, 5) is 9.79. The van der Waals surface area contributed by atoms with E-state index in [0.717, 1.165) is 38.5 Å². The number of hydrogen-bond donors (Lipinski definition) is 1. The molecule has 0 bridgehead atoms. The Kier molecular flexibility index (Phi) is 5.87. The molecule has 0 unspecified atom stereocenters. The normalized spacial score (nSPS) is 19.5. The van der Waals surface area contributed by atoms with E-state index in [4.69, 9.17) is 4.74 Å². The van der Waals surface area contributed by atoms with Crippen molar-refractivity contribution < 1.29 is 4.74 Å². The first-order valence-corrected chi connectivity index (χ1v) is 9.61. The molecule has 1 fully saturated rings. The van der Waals surface area contributed by atoms with Gasteiger partial charge in [0.2, 0.25) is 0 Å². The van der Waals surface area contributed by atoms with Crippen molar-refractivity contribution in [3.63, 3.8) is 0 Å². The smallest absolute Gasteiger partial charge is 0.128 e. The molecule has 3 heterocycles. The maximum absolute atomic E-state index is 5.59. The fourth-order valence-corrected chi connectivity index (χ4v) is 3.90. The van der Waals surface area contributed by atoms with Crippen molar-refractivity contribution in [2.24, 2.45) is 0 Å². The minimum absolute atomic E-state index is 0.279. The van der Waals surface area contributed by atoms with Crippen molar-refractivity contribution in [2.75, 3.05) is 24.6 Å². The number of rotatable bonds is 6. The Balaban J connectivity index is 1.54. The van der Waals surface area contributed by atoms with Gasteiger partial charge in [-0.1, -0.05) is 13.0 Å². The zero-order valence-corrected chi connectivity index (χ0v) is 15.6. The molecule has 0 saturated carbocycles. The monoisotopic (exact) mass is 345 g/mol. The number of nitrogens with zero attached hydrogens (tertiary/aromatic N) is 2. The van der Waals surface area contributed by atoms with E-state index in [9.17, 15) is 0 Å². The second kappa shape index (κ2) is 8.10. The van der Waals surface area contributed by atoms with E-state index in [1.165, 1.54) is 15.3 Å². The van der Waals surface area contributed by atoms with Crippen LogP contribution in [0.2, 0.25) is 0 Å². The van der Waals surface area contributed by atoms with Gasteiger partial charge in [-0.05, 0) is 44.0 Å². The Hall–Kier alpha value is -1.43. The van der Waals surface area contributed by atoms with Crippen molar-refractivity contribution in [3.05, 3.63) is 45.8 Å². The molecule has 1 aliphatic heterocycles. The summed E-state index contributed by atoms with van der Waals surface area (Å²) in [6.07, 6.45) is 3.38. The fourth-order valence-electron chi connectivity index (χ4n) is 2.92. The first-order valence-electron chi connectivity index (χ1n) is 8.79. The first-order chi connectivity index (χ1) is 11.7. The number of morpholine rings is 1. The van der Waals surface area contributed by atoms with Gasteiger partial charge in [0.1, 0.15) is 5.82 Å². The summed E-state index contributed by atoms with van der Waals surface area (Å²) in [5, 5.41) is 3.60. The van der Waals surface area contributed by atoms with Gasteiger partial charge in [-0.3, -0.25) is 0 Å². The van der Waals surface area contributed by atoms with Gasteiger partial charge in [-0.15, -0.1) is 11.3 Å². The second-order valence-electron chi connectivity index (χ2n) is 6.41. The van der Waals surface area contributed by atoms with Gasteiger partial charge >= 0.3 is 0 Å². The molecule has 0 spiro atoms. The van der Waals surface area contributed by atoms with Crippen LogP contribution in [0.1, 0.15) is 42.1 Å². The van der Waals surface area contributed by atoms with Crippen LogP contribution in [0.5, 0.6) is 0 Å². The molecular weight excluding hydrogens is 318 g/mol. The topological polar surface area (TPSA) is 37.4 Å². The van der Waals surface area contributed by atoms with Gasteiger partial charge in [0.15, 0.2) is 0 Å². The molecular formula is C19H27N3OS. The molecule has 0 aromatic carbocycles. The number of ether oxygens (including phenoxy) is 1. The predicted octanol–water partition coefficient (Wildman–Crippen LogP) is 3.78. The van der Waals surface area contributed by atoms with E-state index < -0.39 is 0 Å². The highest BCUT2D eigenvalue weighted by Crippen LogP contribution is 2.24. The van der Waals surface area contributed by atoms with Crippen molar-refractivity contribution in [1.29, 1.82) is 0 Å². The average molecular weight is 346 g/mol. The number of nitrogens with one attached hydrogen (secondary N) is 1. The summed E-state index contributed by atoms with van der Waals surface area (Å²) in [5.74, 6) is 1.05. The van der Waals surface area contributed by atoms with Crippen LogP contribution in [-0.2, 0) is 17.7 Å². The maximum atomic E-state index is 5.59. The molecule has 1 aliphatic rings. The Morgan fingerprint density at radius 3 is 2.92 bits per heavy atom. The van der Waals surface area contributed by atoms with Crippen LogP contribution in [0.3, 0.4) is 0 Å². The minimum atomic E-state index is 0.279. The maximum Gasteiger partial charge on any atom is 0.128 e. The molecule has 1 saturated heterocycles. The molecule has 2 aromatic heterocycles. The number of aryl methyl sites for hydroxylation is 1. The highest BCUT2D eigenvalue weighted by molar-refractivity contribution is 7.12. The number of thiophene rings is 1. The van der Waals surface area contributed by atoms with Crippen LogP contribution in [-0.4, -0.2) is 30.8 Å². The summed E-state index contributed by atoms with van der Waals surface area (Å²) in [6, 6.07) is 9.14. The van der Waals surface area contributed by atoms with Crippen molar-refractivity contribution in [1.82, 2.24) is 10.3 Å². The van der Waals surface area contributed by atoms with E-state index >= 15 is 0 Å². The van der Waals surface area contributed by atoms with Crippen molar-refractivity contribution >= 4 is 17.2 Å². The largest absolute Gasteiger partial charge is 0.375 e. The van der Waals surface area contributed by atoms with Gasteiger partial charge in [-0.2, -0.15) is 0 Å². The van der Waals surface area contributed by atoms with E-state index in [1.54, 1.807) is 0 Å². The highest BCUT2D eigenvalue weighted by atomic mass is 32.1. The zero-order valence-electron chi connectivity index (χ0n) is 14.8. The lowest BCUT2D eigenvalue weighted by Gasteiger charge is -2.32. The Labute approximate surface area is 148 Å². The zero-order chi connectivity index (χ0) is 16.9. The van der Waals surface area contributed by atoms with E-state index in [1.807, 2.05) is 17.5 Å². The Bertz CT molecular complexity index is 640. The quantitative estimate of drug-likeness (QED) is 0.864. The molecule has 2 aromatic rings. The van der Waals surface area contributed by atoms with Crippen LogP contribution in [0.15, 0.2) is 30.5 Å². The van der Waals surface area contributed by atoms with E-state index in [0.29, 0.717) is 6.04 Å². The molecule has 24 heavy (non-hydrogen) atoms. The van der Waals surface area contributed by atoms with Crippen LogP contribution >= 0.6 is 11.3 Å². The summed E-state index contributed by atoms with van der Waals surface area (Å²) in [5.41, 5.74) is 1.22. The Morgan fingerprint density at radius 1 is 1.38 bits per heavy atom. The lowest BCUT2D eigenvalue weighted by molar-refractivity contribution is 0.0529. The molecule has 3 rings (SSSR count). The number of hydrogen-bond acceptors (Lipinski definition) is 5. The highest BCUT2D eigenvalue weighted by Gasteiger charge is 2.17. The van der Waals surface area contributed by atoms with Crippen molar-refractivity contribution in [2.45, 2.75) is 45.9 Å². The van der Waals surface area contributed by atoms with Gasteiger partial charge in [0.05, 0.1) is 12.7 Å². The third kappa shape index (κ3) is 4.35. The van der Waals surface area contributed by atoms with Crippen LogP contribution in [0.4, 0.5) is 5.82 Å².